The maximum atomic E-state index is 12.9. The smallest absolute Gasteiger partial charge is 0.330 e. The summed E-state index contributed by atoms with van der Waals surface area (Å²) in [5.41, 5.74) is -2.47. The third-order valence-corrected chi connectivity index (χ3v) is 7.47. The number of H-pyrrole nitrogens is 1. The van der Waals surface area contributed by atoms with Gasteiger partial charge in [0.1, 0.15) is 18.8 Å². The van der Waals surface area contributed by atoms with Gasteiger partial charge in [0.2, 0.25) is 0 Å². The van der Waals surface area contributed by atoms with Crippen molar-refractivity contribution < 1.29 is 28.5 Å². The van der Waals surface area contributed by atoms with Gasteiger partial charge >= 0.3 is 11.7 Å². The van der Waals surface area contributed by atoms with E-state index in [4.69, 9.17) is 23.7 Å². The quantitative estimate of drug-likeness (QED) is 0.310. The van der Waals surface area contributed by atoms with Crippen LogP contribution in [0.5, 0.6) is 0 Å². The Morgan fingerprint density at radius 2 is 1.89 bits per heavy atom. The van der Waals surface area contributed by atoms with Crippen LogP contribution < -0.4 is 11.2 Å². The molecule has 3 aliphatic rings. The fourth-order valence-corrected chi connectivity index (χ4v) is 5.36. The number of hydrogen-bond donors (Lipinski definition) is 1. The minimum atomic E-state index is -1.20. The van der Waals surface area contributed by atoms with Crippen LogP contribution in [-0.4, -0.2) is 64.5 Å². The van der Waals surface area contributed by atoms with Gasteiger partial charge in [-0.25, -0.2) is 4.79 Å². The molecule has 0 bridgehead atoms. The molecule has 36 heavy (non-hydrogen) atoms. The van der Waals surface area contributed by atoms with E-state index in [-0.39, 0.29) is 19.2 Å². The number of aryl methyl sites for hydroxylation is 1. The lowest BCUT2D eigenvalue weighted by Gasteiger charge is -2.38. The lowest BCUT2D eigenvalue weighted by atomic mass is 9.93. The SMILES string of the molecule is CCc1cn([C@@H]2O[C@](COCSC)(COC(=O)C(C)(C)C)C3OC4(CCCCC4)O[C@@H]32)c(=O)[nH]c1=O. The van der Waals surface area contributed by atoms with Crippen molar-refractivity contribution in [1.82, 2.24) is 9.55 Å². The van der Waals surface area contributed by atoms with Crippen molar-refractivity contribution in [3.63, 3.8) is 0 Å². The molecule has 1 aliphatic carbocycles. The van der Waals surface area contributed by atoms with E-state index in [2.05, 4.69) is 4.98 Å². The third kappa shape index (κ3) is 5.31. The first-order valence-corrected chi connectivity index (χ1v) is 14.1. The zero-order valence-corrected chi connectivity index (χ0v) is 22.6. The molecule has 10 nitrogen and oxygen atoms in total. The Labute approximate surface area is 215 Å². The van der Waals surface area contributed by atoms with Gasteiger partial charge in [-0.15, -0.1) is 11.8 Å². The first-order chi connectivity index (χ1) is 17.0. The molecule has 11 heteroatoms. The fraction of sp³-hybridized carbons (Fsp3) is 0.800. The molecular weight excluding hydrogens is 488 g/mol. The van der Waals surface area contributed by atoms with Crippen LogP contribution in [0.2, 0.25) is 0 Å². The van der Waals surface area contributed by atoms with Crippen LogP contribution in [0.4, 0.5) is 0 Å². The Kier molecular flexibility index (Phi) is 8.07. The summed E-state index contributed by atoms with van der Waals surface area (Å²) in [6.07, 6.45) is 6.23. The van der Waals surface area contributed by atoms with Crippen molar-refractivity contribution in [3.8, 4) is 0 Å². The van der Waals surface area contributed by atoms with Gasteiger partial charge in [0.15, 0.2) is 17.6 Å². The van der Waals surface area contributed by atoms with Crippen LogP contribution >= 0.6 is 11.8 Å². The first-order valence-electron chi connectivity index (χ1n) is 12.7. The van der Waals surface area contributed by atoms with E-state index in [0.717, 1.165) is 32.1 Å². The molecule has 1 saturated carbocycles. The maximum absolute atomic E-state index is 12.9. The fourth-order valence-electron chi connectivity index (χ4n) is 5.11. The van der Waals surface area contributed by atoms with Crippen molar-refractivity contribution >= 4 is 17.7 Å². The second-order valence-electron chi connectivity index (χ2n) is 10.9. The van der Waals surface area contributed by atoms with Crippen molar-refractivity contribution in [3.05, 3.63) is 32.6 Å². The number of esters is 1. The van der Waals surface area contributed by atoms with E-state index in [1.807, 2.05) is 13.2 Å². The molecule has 1 aromatic heterocycles. The molecule has 4 rings (SSSR count). The molecule has 3 heterocycles. The van der Waals surface area contributed by atoms with E-state index in [1.165, 1.54) is 22.5 Å². The number of nitrogens with one attached hydrogen (secondary N) is 1. The highest BCUT2D eigenvalue weighted by Crippen LogP contribution is 2.52. The number of hydrogen-bond acceptors (Lipinski definition) is 9. The largest absolute Gasteiger partial charge is 0.462 e. The van der Waals surface area contributed by atoms with E-state index >= 15 is 0 Å². The lowest BCUT2D eigenvalue weighted by molar-refractivity contribution is -0.261. The number of rotatable bonds is 8. The summed E-state index contributed by atoms with van der Waals surface area (Å²) in [5.74, 6) is -0.755. The number of aromatic nitrogens is 2. The molecule has 1 N–H and O–H groups in total. The minimum Gasteiger partial charge on any atom is -0.462 e. The van der Waals surface area contributed by atoms with Gasteiger partial charge in [-0.3, -0.25) is 19.1 Å². The molecule has 0 radical (unpaired) electrons. The summed E-state index contributed by atoms with van der Waals surface area (Å²) in [6, 6.07) is 0. The summed E-state index contributed by atoms with van der Waals surface area (Å²) < 4.78 is 32.8. The van der Waals surface area contributed by atoms with Gasteiger partial charge < -0.3 is 23.7 Å². The number of nitrogens with zero attached hydrogens (tertiary/aromatic N) is 1. The topological polar surface area (TPSA) is 118 Å². The van der Waals surface area contributed by atoms with Crippen molar-refractivity contribution in [2.75, 3.05) is 25.4 Å². The molecule has 1 aromatic rings. The summed E-state index contributed by atoms with van der Waals surface area (Å²) in [5, 5.41) is 0. The Balaban J connectivity index is 1.75. The zero-order valence-electron chi connectivity index (χ0n) is 21.8. The molecular formula is C25H38N2O8S. The normalized spacial score (nSPS) is 29.4. The predicted octanol–water partition coefficient (Wildman–Crippen LogP) is 2.74. The van der Waals surface area contributed by atoms with Crippen LogP contribution in [0.3, 0.4) is 0 Å². The lowest BCUT2D eigenvalue weighted by Crippen LogP contribution is -2.52. The molecule has 2 saturated heterocycles. The van der Waals surface area contributed by atoms with Crippen LogP contribution in [0.15, 0.2) is 15.8 Å². The van der Waals surface area contributed by atoms with Crippen molar-refractivity contribution in [2.24, 2.45) is 5.41 Å². The number of thioether (sulfide) groups is 1. The number of fused-ring (bicyclic) bond motifs is 1. The van der Waals surface area contributed by atoms with E-state index in [1.54, 1.807) is 20.8 Å². The average Bonchev–Trinajstić information content (AvgIpc) is 3.32. The highest BCUT2D eigenvalue weighted by atomic mass is 32.2. The summed E-state index contributed by atoms with van der Waals surface area (Å²) in [6.45, 7) is 7.16. The predicted molar refractivity (Wildman–Crippen MR) is 134 cm³/mol. The van der Waals surface area contributed by atoms with Crippen LogP contribution in [0, 0.1) is 5.41 Å². The second-order valence-corrected chi connectivity index (χ2v) is 11.7. The number of carbonyl (C=O) groups excluding carboxylic acids is 1. The number of carbonyl (C=O) groups is 1. The number of ether oxygens (including phenoxy) is 5. The van der Waals surface area contributed by atoms with Crippen molar-refractivity contribution in [2.45, 2.75) is 96.0 Å². The van der Waals surface area contributed by atoms with E-state index in [0.29, 0.717) is 17.9 Å². The molecule has 202 valence electrons. The molecule has 3 fully saturated rings. The van der Waals surface area contributed by atoms with Gasteiger partial charge in [-0.1, -0.05) is 13.3 Å². The molecule has 2 aliphatic heterocycles. The van der Waals surface area contributed by atoms with Gasteiger partial charge in [0, 0.05) is 24.6 Å². The molecule has 1 spiro atoms. The average molecular weight is 527 g/mol. The van der Waals surface area contributed by atoms with Gasteiger partial charge in [0.25, 0.3) is 5.56 Å². The second kappa shape index (κ2) is 10.6. The molecule has 4 atom stereocenters. The molecule has 1 unspecified atom stereocenters. The Hall–Kier alpha value is -1.66. The monoisotopic (exact) mass is 526 g/mol. The molecule has 0 amide bonds. The molecule has 0 aromatic carbocycles. The summed E-state index contributed by atoms with van der Waals surface area (Å²) >= 11 is 1.51. The first kappa shape index (κ1) is 27.4. The maximum Gasteiger partial charge on any atom is 0.330 e. The number of aromatic amines is 1. The Morgan fingerprint density at radius 3 is 2.53 bits per heavy atom. The van der Waals surface area contributed by atoms with Crippen LogP contribution in [-0.2, 0) is 34.9 Å². The van der Waals surface area contributed by atoms with Gasteiger partial charge in [-0.2, -0.15) is 0 Å². The minimum absolute atomic E-state index is 0.0844. The summed E-state index contributed by atoms with van der Waals surface area (Å²) in [4.78, 5) is 40.3. The van der Waals surface area contributed by atoms with Crippen LogP contribution in [0.25, 0.3) is 0 Å². The highest BCUT2D eigenvalue weighted by Gasteiger charge is 2.66. The van der Waals surface area contributed by atoms with E-state index in [9.17, 15) is 14.4 Å². The standard InChI is InChI=1S/C25H38N2O8S/c1-6-16-12-27(22(30)26-19(16)28)20-17-18(34-25(33-17)10-8-7-9-11-25)24(35-20,13-31-15-36-5)14-32-21(29)23(2,3)4/h12,17-18,20H,6-11,13-15H2,1-5H3,(H,26,28,30)/t17-,18?,20+,24+/m0/s1. The zero-order chi connectivity index (χ0) is 26.1. The van der Waals surface area contributed by atoms with E-state index < -0.39 is 46.5 Å². The summed E-state index contributed by atoms with van der Waals surface area (Å²) in [7, 11) is 0. The van der Waals surface area contributed by atoms with Gasteiger partial charge in [-0.05, 0) is 46.3 Å². The van der Waals surface area contributed by atoms with Gasteiger partial charge in [0.05, 0.1) is 18.0 Å². The van der Waals surface area contributed by atoms with Crippen molar-refractivity contribution in [1.29, 1.82) is 0 Å². The Morgan fingerprint density at radius 1 is 1.17 bits per heavy atom. The third-order valence-electron chi connectivity index (χ3n) is 7.07. The Bertz CT molecular complexity index is 1060. The van der Waals surface area contributed by atoms with Crippen LogP contribution in [0.1, 0.15) is 71.6 Å². The highest BCUT2D eigenvalue weighted by molar-refractivity contribution is 7.98.